The lowest BCUT2D eigenvalue weighted by Gasteiger charge is -2.46. The van der Waals surface area contributed by atoms with Gasteiger partial charge in [-0.3, -0.25) is 4.79 Å². The van der Waals surface area contributed by atoms with E-state index in [1.54, 1.807) is 0 Å². The highest BCUT2D eigenvalue weighted by Gasteiger charge is 2.43. The summed E-state index contributed by atoms with van der Waals surface area (Å²) in [6, 6.07) is 18.4. The van der Waals surface area contributed by atoms with Crippen molar-refractivity contribution in [3.63, 3.8) is 0 Å². The minimum absolute atomic E-state index is 0.0128. The summed E-state index contributed by atoms with van der Waals surface area (Å²) in [5.74, 6) is 1.19. The first kappa shape index (κ1) is 20.9. The summed E-state index contributed by atoms with van der Waals surface area (Å²) in [7, 11) is 2.17. The molecule has 30 heavy (non-hydrogen) atoms. The number of nitrogens with one attached hydrogen (secondary N) is 1. The minimum Gasteiger partial charge on any atom is -0.487 e. The molecule has 1 amide bonds. The average molecular weight is 407 g/mol. The molecule has 3 atom stereocenters. The number of nitrogens with zero attached hydrogens (tertiary/aromatic N) is 1. The molecule has 2 aromatic rings. The lowest BCUT2D eigenvalue weighted by molar-refractivity contribution is -0.125. The molecule has 4 rings (SSSR count). The molecule has 0 aliphatic carbocycles. The number of fused-ring (bicyclic) bond motifs is 1. The smallest absolute Gasteiger partial charge is 0.228 e. The number of benzene rings is 2. The zero-order valence-electron chi connectivity index (χ0n) is 18.4. The third kappa shape index (κ3) is 4.24. The third-order valence-corrected chi connectivity index (χ3v) is 7.07. The van der Waals surface area contributed by atoms with Crippen molar-refractivity contribution in [2.75, 3.05) is 20.1 Å². The Labute approximate surface area is 180 Å². The lowest BCUT2D eigenvalue weighted by Crippen LogP contribution is -2.52. The molecule has 1 N–H and O–H groups in total. The summed E-state index contributed by atoms with van der Waals surface area (Å²) in [4.78, 5) is 15.9. The van der Waals surface area contributed by atoms with Crippen molar-refractivity contribution in [2.24, 2.45) is 5.92 Å². The second kappa shape index (κ2) is 8.81. The highest BCUT2D eigenvalue weighted by molar-refractivity contribution is 5.84. The number of ether oxygens (including phenoxy) is 1. The number of carbonyl (C=O) groups is 1. The number of hydrogen-bond donors (Lipinski definition) is 1. The number of hydrogen-bond acceptors (Lipinski definition) is 3. The molecule has 0 bridgehead atoms. The van der Waals surface area contributed by atoms with Crippen LogP contribution in [0.4, 0.5) is 0 Å². The Balaban J connectivity index is 1.61. The van der Waals surface area contributed by atoms with E-state index in [-0.39, 0.29) is 29.4 Å². The zero-order chi connectivity index (χ0) is 21.1. The molecule has 0 saturated carbocycles. The average Bonchev–Trinajstić information content (AvgIpc) is 2.77. The summed E-state index contributed by atoms with van der Waals surface area (Å²) in [6.07, 6.45) is 3.80. The molecule has 0 radical (unpaired) electrons. The van der Waals surface area contributed by atoms with Crippen LogP contribution in [0.1, 0.15) is 62.6 Å². The topological polar surface area (TPSA) is 41.6 Å². The van der Waals surface area contributed by atoms with E-state index >= 15 is 0 Å². The first-order valence-electron chi connectivity index (χ1n) is 11.3. The predicted octanol–water partition coefficient (Wildman–Crippen LogP) is 4.92. The molecule has 1 saturated heterocycles. The second-order valence-electron chi connectivity index (χ2n) is 9.17. The lowest BCUT2D eigenvalue weighted by atomic mass is 9.79. The van der Waals surface area contributed by atoms with Crippen molar-refractivity contribution < 1.29 is 9.53 Å². The normalized spacial score (nSPS) is 22.6. The molecular formula is C26H34N2O2. The quantitative estimate of drug-likeness (QED) is 0.766. The highest BCUT2D eigenvalue weighted by Crippen LogP contribution is 2.44. The van der Waals surface area contributed by atoms with Gasteiger partial charge in [-0.15, -0.1) is 0 Å². The molecule has 0 aromatic heterocycles. The van der Waals surface area contributed by atoms with Crippen molar-refractivity contribution in [3.05, 3.63) is 65.7 Å². The van der Waals surface area contributed by atoms with Crippen LogP contribution in [0.3, 0.4) is 0 Å². The molecule has 4 heteroatoms. The number of amides is 1. The van der Waals surface area contributed by atoms with Crippen LogP contribution in [0.15, 0.2) is 54.6 Å². The van der Waals surface area contributed by atoms with E-state index in [1.165, 1.54) is 0 Å². The van der Waals surface area contributed by atoms with Gasteiger partial charge in [0.15, 0.2) is 0 Å². The highest BCUT2D eigenvalue weighted by atomic mass is 16.5. The van der Waals surface area contributed by atoms with E-state index in [0.29, 0.717) is 0 Å². The first-order valence-corrected chi connectivity index (χ1v) is 11.3. The molecule has 1 fully saturated rings. The molecule has 2 heterocycles. The molecular weight excluding hydrogens is 372 g/mol. The maximum atomic E-state index is 13.6. The zero-order valence-corrected chi connectivity index (χ0v) is 18.4. The van der Waals surface area contributed by atoms with E-state index in [1.807, 2.05) is 30.3 Å². The van der Waals surface area contributed by atoms with E-state index < -0.39 is 0 Å². The van der Waals surface area contributed by atoms with Crippen LogP contribution in [-0.4, -0.2) is 36.5 Å². The Morgan fingerprint density at radius 1 is 1.13 bits per heavy atom. The van der Waals surface area contributed by atoms with Crippen molar-refractivity contribution in [1.82, 2.24) is 10.2 Å². The van der Waals surface area contributed by atoms with E-state index in [4.69, 9.17) is 4.74 Å². The Hall–Kier alpha value is -2.33. The number of likely N-dealkylation sites (tertiary alicyclic amines) is 1. The maximum Gasteiger partial charge on any atom is 0.228 e. The molecule has 1 spiro atoms. The Morgan fingerprint density at radius 3 is 2.50 bits per heavy atom. The molecule has 4 nitrogen and oxygen atoms in total. The predicted molar refractivity (Wildman–Crippen MR) is 121 cm³/mol. The Bertz CT molecular complexity index is 858. The van der Waals surface area contributed by atoms with Gasteiger partial charge in [-0.25, -0.2) is 0 Å². The molecule has 2 aliphatic rings. The number of rotatable bonds is 5. The maximum absolute atomic E-state index is 13.6. The summed E-state index contributed by atoms with van der Waals surface area (Å²) in [5, 5.41) is 3.44. The molecule has 2 aromatic carbocycles. The standard InChI is InChI=1S/C26H34N2O2/c1-4-19(2)24(20-10-6-5-7-11-20)25(29)27-22-18-26(14-16-28(3)17-15-26)30-23-13-9-8-12-21(22)23/h5-13,19,22,24H,4,14-18H2,1-3H3,(H,27,29). The first-order chi connectivity index (χ1) is 14.5. The van der Waals surface area contributed by atoms with Crippen LogP contribution >= 0.6 is 0 Å². The van der Waals surface area contributed by atoms with Gasteiger partial charge in [0.25, 0.3) is 0 Å². The van der Waals surface area contributed by atoms with Gasteiger partial charge in [0.1, 0.15) is 11.4 Å². The summed E-state index contributed by atoms with van der Waals surface area (Å²) < 4.78 is 6.56. The molecule has 160 valence electrons. The molecule has 3 unspecified atom stereocenters. The monoisotopic (exact) mass is 406 g/mol. The van der Waals surface area contributed by atoms with Crippen LogP contribution in [0.25, 0.3) is 0 Å². The SMILES string of the molecule is CCC(C)C(C(=O)NC1CC2(CCN(C)CC2)Oc2ccccc21)c1ccccc1. The van der Waals surface area contributed by atoms with Gasteiger partial charge >= 0.3 is 0 Å². The van der Waals surface area contributed by atoms with Crippen molar-refractivity contribution in [1.29, 1.82) is 0 Å². The van der Waals surface area contributed by atoms with Crippen LogP contribution < -0.4 is 10.1 Å². The van der Waals surface area contributed by atoms with Crippen LogP contribution in [-0.2, 0) is 4.79 Å². The van der Waals surface area contributed by atoms with Crippen LogP contribution in [0, 0.1) is 5.92 Å². The summed E-state index contributed by atoms with van der Waals surface area (Å²) in [5.41, 5.74) is 2.02. The fourth-order valence-electron chi connectivity index (χ4n) is 4.98. The van der Waals surface area contributed by atoms with E-state index in [2.05, 4.69) is 55.4 Å². The van der Waals surface area contributed by atoms with E-state index in [9.17, 15) is 4.79 Å². The minimum atomic E-state index is -0.183. The Morgan fingerprint density at radius 2 is 1.80 bits per heavy atom. The molecule has 2 aliphatic heterocycles. The fraction of sp³-hybridized carbons (Fsp3) is 0.500. The largest absolute Gasteiger partial charge is 0.487 e. The van der Waals surface area contributed by atoms with Crippen molar-refractivity contribution >= 4 is 5.91 Å². The number of carbonyl (C=O) groups excluding carboxylic acids is 1. The van der Waals surface area contributed by atoms with Gasteiger partial charge in [0.2, 0.25) is 5.91 Å². The van der Waals surface area contributed by atoms with Crippen molar-refractivity contribution in [3.8, 4) is 5.75 Å². The third-order valence-electron chi connectivity index (χ3n) is 7.07. The van der Waals surface area contributed by atoms with Gasteiger partial charge in [0.05, 0.1) is 12.0 Å². The van der Waals surface area contributed by atoms with Gasteiger partial charge < -0.3 is 15.0 Å². The summed E-state index contributed by atoms with van der Waals surface area (Å²) >= 11 is 0. The van der Waals surface area contributed by atoms with Gasteiger partial charge in [-0.2, -0.15) is 0 Å². The van der Waals surface area contributed by atoms with Gasteiger partial charge in [-0.1, -0.05) is 68.8 Å². The van der Waals surface area contributed by atoms with E-state index in [0.717, 1.165) is 55.6 Å². The number of para-hydroxylation sites is 1. The second-order valence-corrected chi connectivity index (χ2v) is 9.17. The number of piperidine rings is 1. The summed E-state index contributed by atoms with van der Waals surface area (Å²) in [6.45, 7) is 6.39. The van der Waals surface area contributed by atoms with Gasteiger partial charge in [0, 0.05) is 25.1 Å². The van der Waals surface area contributed by atoms with Gasteiger partial charge in [-0.05, 0) is 37.4 Å². The fourth-order valence-corrected chi connectivity index (χ4v) is 4.98. The van der Waals surface area contributed by atoms with Crippen LogP contribution in [0.5, 0.6) is 5.75 Å². The van der Waals surface area contributed by atoms with Crippen LogP contribution in [0.2, 0.25) is 0 Å². The van der Waals surface area contributed by atoms with Crippen molar-refractivity contribution in [2.45, 2.75) is 57.1 Å². The Kier molecular flexibility index (Phi) is 6.14.